The zero-order valence-corrected chi connectivity index (χ0v) is 22.2. The molecule has 38 heavy (non-hydrogen) atoms. The van der Waals surface area contributed by atoms with E-state index in [1.807, 2.05) is 62.4 Å². The number of hydrogen-bond acceptors (Lipinski definition) is 5. The minimum atomic E-state index is -0.763. The Hall–Kier alpha value is -4.33. The highest BCUT2D eigenvalue weighted by Crippen LogP contribution is 2.15. The topological polar surface area (TPSA) is 106 Å². The second-order valence-corrected chi connectivity index (χ2v) is 8.98. The van der Waals surface area contributed by atoms with Gasteiger partial charge in [-0.1, -0.05) is 56.7 Å². The number of methoxy groups -OCH3 is 2. The first-order chi connectivity index (χ1) is 18.4. The van der Waals surface area contributed by atoms with Crippen LogP contribution in [0.2, 0.25) is 0 Å². The van der Waals surface area contributed by atoms with E-state index in [2.05, 4.69) is 16.0 Å². The van der Waals surface area contributed by atoms with E-state index in [9.17, 15) is 14.4 Å². The van der Waals surface area contributed by atoms with Gasteiger partial charge >= 0.3 is 0 Å². The minimum Gasteiger partial charge on any atom is -0.497 e. The fraction of sp³-hybridized carbons (Fsp3) is 0.300. The van der Waals surface area contributed by atoms with Crippen LogP contribution in [0.1, 0.15) is 52.1 Å². The predicted octanol–water partition coefficient (Wildman–Crippen LogP) is 4.09. The summed E-state index contributed by atoms with van der Waals surface area (Å²) < 4.78 is 10.3. The van der Waals surface area contributed by atoms with Crippen molar-refractivity contribution in [1.82, 2.24) is 16.0 Å². The molecular weight excluding hydrogens is 482 g/mol. The summed E-state index contributed by atoms with van der Waals surface area (Å²) in [7, 11) is 3.19. The van der Waals surface area contributed by atoms with Crippen molar-refractivity contribution in [2.45, 2.75) is 39.4 Å². The maximum Gasteiger partial charge on any atom is 0.252 e. The molecule has 8 nitrogen and oxygen atoms in total. The fourth-order valence-electron chi connectivity index (χ4n) is 3.86. The average Bonchev–Trinajstić information content (AvgIpc) is 2.97. The molecule has 2 unspecified atom stereocenters. The Kier molecular flexibility index (Phi) is 10.3. The molecule has 0 spiro atoms. The molecule has 0 saturated carbocycles. The van der Waals surface area contributed by atoms with Gasteiger partial charge in [0.2, 0.25) is 5.91 Å². The number of hydrogen-bond donors (Lipinski definition) is 3. The van der Waals surface area contributed by atoms with E-state index in [0.29, 0.717) is 19.5 Å². The van der Waals surface area contributed by atoms with Crippen LogP contribution in [0.15, 0.2) is 72.8 Å². The molecule has 3 amide bonds. The van der Waals surface area contributed by atoms with Crippen LogP contribution < -0.4 is 25.4 Å². The average molecular weight is 518 g/mol. The molecule has 0 aliphatic heterocycles. The second kappa shape index (κ2) is 13.8. The SMILES string of the molecule is CCC(C)C(NC(=O)c1ccccc1C(=O)NCc1ccc(OC)cc1)C(=O)NCc1ccc(OC)cc1. The molecule has 0 aliphatic carbocycles. The number of carbonyl (C=O) groups excluding carboxylic acids is 3. The van der Waals surface area contributed by atoms with Crippen molar-refractivity contribution >= 4 is 17.7 Å². The van der Waals surface area contributed by atoms with Crippen LogP contribution in [-0.4, -0.2) is 38.0 Å². The maximum absolute atomic E-state index is 13.3. The minimum absolute atomic E-state index is 0.120. The number of ether oxygens (including phenoxy) is 2. The van der Waals surface area contributed by atoms with Crippen molar-refractivity contribution in [3.63, 3.8) is 0 Å². The van der Waals surface area contributed by atoms with Crippen molar-refractivity contribution < 1.29 is 23.9 Å². The molecule has 3 aromatic rings. The summed E-state index contributed by atoms with van der Waals surface area (Å²) in [4.78, 5) is 39.4. The van der Waals surface area contributed by atoms with Crippen LogP contribution in [-0.2, 0) is 17.9 Å². The first-order valence-corrected chi connectivity index (χ1v) is 12.6. The van der Waals surface area contributed by atoms with E-state index in [-0.39, 0.29) is 28.9 Å². The molecule has 0 bridgehead atoms. The molecule has 0 radical (unpaired) electrons. The maximum atomic E-state index is 13.3. The van der Waals surface area contributed by atoms with Gasteiger partial charge in [-0.2, -0.15) is 0 Å². The first-order valence-electron chi connectivity index (χ1n) is 12.6. The Morgan fingerprint density at radius 3 is 1.66 bits per heavy atom. The van der Waals surface area contributed by atoms with E-state index in [0.717, 1.165) is 22.6 Å². The smallest absolute Gasteiger partial charge is 0.252 e. The number of benzene rings is 3. The Balaban J connectivity index is 1.67. The van der Waals surface area contributed by atoms with Crippen LogP contribution in [0, 0.1) is 5.92 Å². The van der Waals surface area contributed by atoms with Crippen molar-refractivity contribution in [1.29, 1.82) is 0 Å². The first kappa shape index (κ1) is 28.2. The second-order valence-electron chi connectivity index (χ2n) is 8.98. The number of amides is 3. The van der Waals surface area contributed by atoms with Gasteiger partial charge in [0, 0.05) is 13.1 Å². The molecule has 3 N–H and O–H groups in total. The summed E-state index contributed by atoms with van der Waals surface area (Å²) in [6.07, 6.45) is 0.685. The Morgan fingerprint density at radius 1 is 0.711 bits per heavy atom. The molecule has 0 saturated heterocycles. The standard InChI is InChI=1S/C30H35N3O5/c1-5-20(2)27(30(36)32-19-22-12-16-24(38-4)17-13-22)33-29(35)26-9-7-6-8-25(26)28(34)31-18-21-10-14-23(37-3)15-11-21/h6-17,20,27H,5,18-19H2,1-4H3,(H,31,34)(H,32,36)(H,33,35). The monoisotopic (exact) mass is 517 g/mol. The van der Waals surface area contributed by atoms with E-state index in [4.69, 9.17) is 9.47 Å². The van der Waals surface area contributed by atoms with Crippen LogP contribution in [0.4, 0.5) is 0 Å². The van der Waals surface area contributed by atoms with Crippen LogP contribution in [0.5, 0.6) is 11.5 Å². The lowest BCUT2D eigenvalue weighted by Crippen LogP contribution is -2.50. The quantitative estimate of drug-likeness (QED) is 0.336. The molecule has 8 heteroatoms. The van der Waals surface area contributed by atoms with Crippen molar-refractivity contribution in [2.75, 3.05) is 14.2 Å². The van der Waals surface area contributed by atoms with Gasteiger partial charge in [0.15, 0.2) is 0 Å². The summed E-state index contributed by atoms with van der Waals surface area (Å²) in [5.41, 5.74) is 2.25. The third-order valence-electron chi connectivity index (χ3n) is 6.44. The van der Waals surface area contributed by atoms with E-state index in [1.165, 1.54) is 0 Å². The summed E-state index contributed by atoms with van der Waals surface area (Å²) >= 11 is 0. The van der Waals surface area contributed by atoms with Crippen LogP contribution in [0.3, 0.4) is 0 Å². The number of rotatable bonds is 12. The molecule has 200 valence electrons. The highest BCUT2D eigenvalue weighted by Gasteiger charge is 2.27. The lowest BCUT2D eigenvalue weighted by molar-refractivity contribution is -0.124. The predicted molar refractivity (Wildman–Crippen MR) is 146 cm³/mol. The van der Waals surface area contributed by atoms with Gasteiger partial charge in [0.25, 0.3) is 11.8 Å². The lowest BCUT2D eigenvalue weighted by atomic mass is 9.97. The zero-order valence-electron chi connectivity index (χ0n) is 22.2. The number of nitrogens with one attached hydrogen (secondary N) is 3. The van der Waals surface area contributed by atoms with Crippen LogP contribution in [0.25, 0.3) is 0 Å². The normalized spacial score (nSPS) is 12.1. The largest absolute Gasteiger partial charge is 0.497 e. The highest BCUT2D eigenvalue weighted by atomic mass is 16.5. The van der Waals surface area contributed by atoms with Crippen molar-refractivity contribution in [3.8, 4) is 11.5 Å². The summed E-state index contributed by atoms with van der Waals surface area (Å²) in [6, 6.07) is 20.6. The van der Waals surface area contributed by atoms with Gasteiger partial charge in [-0.05, 0) is 53.4 Å². The van der Waals surface area contributed by atoms with Gasteiger partial charge in [-0.15, -0.1) is 0 Å². The third-order valence-corrected chi connectivity index (χ3v) is 6.44. The molecule has 0 aliphatic rings. The van der Waals surface area contributed by atoms with Gasteiger partial charge in [0.05, 0.1) is 25.3 Å². The molecule has 3 aromatic carbocycles. The van der Waals surface area contributed by atoms with E-state index < -0.39 is 11.9 Å². The molecule has 2 atom stereocenters. The Morgan fingerprint density at radius 2 is 1.18 bits per heavy atom. The molecule has 0 heterocycles. The van der Waals surface area contributed by atoms with Crippen LogP contribution >= 0.6 is 0 Å². The molecule has 0 fully saturated rings. The summed E-state index contributed by atoms with van der Waals surface area (Å²) in [6.45, 7) is 4.48. The Bertz CT molecular complexity index is 1230. The van der Waals surface area contributed by atoms with Gasteiger partial charge < -0.3 is 25.4 Å². The fourth-order valence-corrected chi connectivity index (χ4v) is 3.86. The summed E-state index contributed by atoms with van der Waals surface area (Å²) in [5.74, 6) is 0.194. The number of carbonyl (C=O) groups is 3. The molecule has 3 rings (SSSR count). The van der Waals surface area contributed by atoms with E-state index >= 15 is 0 Å². The zero-order chi connectivity index (χ0) is 27.5. The van der Waals surface area contributed by atoms with Gasteiger partial charge in [-0.3, -0.25) is 14.4 Å². The van der Waals surface area contributed by atoms with Gasteiger partial charge in [-0.25, -0.2) is 0 Å². The Labute approximate surface area is 223 Å². The van der Waals surface area contributed by atoms with E-state index in [1.54, 1.807) is 38.5 Å². The highest BCUT2D eigenvalue weighted by molar-refractivity contribution is 6.08. The molecule has 0 aromatic heterocycles. The third kappa shape index (κ3) is 7.59. The summed E-state index contributed by atoms with van der Waals surface area (Å²) in [5, 5.41) is 8.62. The lowest BCUT2D eigenvalue weighted by Gasteiger charge is -2.24. The van der Waals surface area contributed by atoms with Crippen molar-refractivity contribution in [3.05, 3.63) is 95.1 Å². The van der Waals surface area contributed by atoms with Crippen molar-refractivity contribution in [2.24, 2.45) is 5.92 Å². The molecular formula is C30H35N3O5. The van der Waals surface area contributed by atoms with Gasteiger partial charge in [0.1, 0.15) is 17.5 Å².